The van der Waals surface area contributed by atoms with Gasteiger partial charge >= 0.3 is 0 Å². The third-order valence-electron chi connectivity index (χ3n) is 5.57. The van der Waals surface area contributed by atoms with Gasteiger partial charge in [0.1, 0.15) is 0 Å². The number of nitrogens with zero attached hydrogens (tertiary/aromatic N) is 3. The van der Waals surface area contributed by atoms with Gasteiger partial charge < -0.3 is 4.90 Å². The molecule has 10 heteroatoms. The van der Waals surface area contributed by atoms with Crippen LogP contribution in [0.3, 0.4) is 0 Å². The highest BCUT2D eigenvalue weighted by atomic mass is 32.1. The smallest absolute Gasteiger partial charge is 0.290 e. The van der Waals surface area contributed by atoms with E-state index in [1.165, 1.54) is 15.1 Å². The second kappa shape index (κ2) is 9.53. The molecule has 0 aliphatic carbocycles. The van der Waals surface area contributed by atoms with Gasteiger partial charge in [-0.2, -0.15) is 5.10 Å². The first-order valence-corrected chi connectivity index (χ1v) is 11.7. The Hall–Kier alpha value is -3.53. The van der Waals surface area contributed by atoms with Crippen molar-refractivity contribution in [1.82, 2.24) is 25.5 Å². The molecule has 0 unspecified atom stereocenters. The van der Waals surface area contributed by atoms with Crippen LogP contribution in [0.25, 0.3) is 10.8 Å². The molecule has 172 valence electrons. The fourth-order valence-corrected chi connectivity index (χ4v) is 4.70. The number of nitrogens with one attached hydrogen (secondary N) is 2. The molecule has 0 atom stereocenters. The molecular formula is C23H25N5O4S. The first kappa shape index (κ1) is 22.7. The Labute approximate surface area is 194 Å². The van der Waals surface area contributed by atoms with Crippen molar-refractivity contribution in [2.24, 2.45) is 0 Å². The zero-order valence-corrected chi connectivity index (χ0v) is 19.3. The number of carbonyl (C=O) groups excluding carboxylic acids is 3. The van der Waals surface area contributed by atoms with E-state index in [2.05, 4.69) is 16.0 Å². The van der Waals surface area contributed by atoms with Crippen molar-refractivity contribution in [2.75, 3.05) is 6.54 Å². The molecular weight excluding hydrogens is 442 g/mol. The standard InChI is InChI=1S/C23H25N5O4S/c1-14(2)28-23(32)17-6-4-3-5-16(17)21(26-28)22(31)25-24-19(29)7-8-20(30)27-11-9-18-15(13-27)10-12-33-18/h3-6,10,12,14H,7-9,11,13H2,1-2H3,(H,24,29)(H,25,31). The summed E-state index contributed by atoms with van der Waals surface area (Å²) >= 11 is 1.70. The van der Waals surface area contributed by atoms with Crippen molar-refractivity contribution in [3.05, 3.63) is 62.2 Å². The fourth-order valence-electron chi connectivity index (χ4n) is 3.81. The van der Waals surface area contributed by atoms with Crippen molar-refractivity contribution >= 4 is 39.8 Å². The van der Waals surface area contributed by atoms with Crippen LogP contribution in [0.15, 0.2) is 40.5 Å². The van der Waals surface area contributed by atoms with Gasteiger partial charge in [-0.05, 0) is 43.3 Å². The third kappa shape index (κ3) is 4.80. The van der Waals surface area contributed by atoms with Crippen LogP contribution in [0.2, 0.25) is 0 Å². The summed E-state index contributed by atoms with van der Waals surface area (Å²) in [5, 5.41) is 7.01. The van der Waals surface area contributed by atoms with Crippen LogP contribution in [0.4, 0.5) is 0 Å². The minimum atomic E-state index is -0.638. The normalized spacial score (nSPS) is 13.1. The first-order valence-electron chi connectivity index (χ1n) is 10.8. The van der Waals surface area contributed by atoms with E-state index in [9.17, 15) is 19.2 Å². The summed E-state index contributed by atoms with van der Waals surface area (Å²) in [6.07, 6.45) is 0.840. The van der Waals surface area contributed by atoms with E-state index in [1.54, 1.807) is 54.3 Å². The molecule has 9 nitrogen and oxygen atoms in total. The summed E-state index contributed by atoms with van der Waals surface area (Å²) in [5.74, 6) is -1.21. The minimum Gasteiger partial charge on any atom is -0.338 e. The lowest BCUT2D eigenvalue weighted by molar-refractivity contribution is -0.134. The van der Waals surface area contributed by atoms with E-state index in [4.69, 9.17) is 0 Å². The number of hydrogen-bond acceptors (Lipinski definition) is 6. The van der Waals surface area contributed by atoms with Gasteiger partial charge in [-0.3, -0.25) is 30.0 Å². The molecule has 3 aromatic rings. The summed E-state index contributed by atoms with van der Waals surface area (Å²) in [4.78, 5) is 53.2. The zero-order chi connectivity index (χ0) is 23.5. The Bertz CT molecular complexity index is 1280. The highest BCUT2D eigenvalue weighted by Crippen LogP contribution is 2.24. The van der Waals surface area contributed by atoms with Crippen molar-refractivity contribution in [2.45, 2.75) is 45.7 Å². The summed E-state index contributed by atoms with van der Waals surface area (Å²) < 4.78 is 1.25. The van der Waals surface area contributed by atoms with Crippen LogP contribution in [0.5, 0.6) is 0 Å². The average Bonchev–Trinajstić information content (AvgIpc) is 3.29. The molecule has 0 radical (unpaired) electrons. The zero-order valence-electron chi connectivity index (χ0n) is 18.5. The molecule has 0 saturated heterocycles. The summed E-state index contributed by atoms with van der Waals surface area (Å²) in [6, 6.07) is 8.50. The maximum atomic E-state index is 12.7. The monoisotopic (exact) mass is 467 g/mol. The van der Waals surface area contributed by atoms with Crippen LogP contribution in [0, 0.1) is 0 Å². The SMILES string of the molecule is CC(C)n1nc(C(=O)NNC(=O)CCC(=O)N2CCc3sccc3C2)c2ccccc2c1=O. The Kier molecular flexibility index (Phi) is 6.55. The molecule has 0 fully saturated rings. The lowest BCUT2D eigenvalue weighted by atomic mass is 10.1. The Balaban J connectivity index is 1.36. The highest BCUT2D eigenvalue weighted by Gasteiger charge is 2.22. The molecule has 1 aliphatic rings. The number of thiophene rings is 1. The van der Waals surface area contributed by atoms with Gasteiger partial charge in [-0.15, -0.1) is 11.3 Å². The predicted molar refractivity (Wildman–Crippen MR) is 125 cm³/mol. The second-order valence-corrected chi connectivity index (χ2v) is 9.17. The second-order valence-electron chi connectivity index (χ2n) is 8.17. The molecule has 1 aliphatic heterocycles. The maximum Gasteiger partial charge on any atom is 0.290 e. The molecule has 0 bridgehead atoms. The van der Waals surface area contributed by atoms with E-state index >= 15 is 0 Å². The molecule has 0 saturated carbocycles. The topological polar surface area (TPSA) is 113 Å². The highest BCUT2D eigenvalue weighted by molar-refractivity contribution is 7.10. The van der Waals surface area contributed by atoms with Gasteiger partial charge in [0.25, 0.3) is 11.5 Å². The van der Waals surface area contributed by atoms with Crippen LogP contribution in [-0.4, -0.2) is 38.9 Å². The van der Waals surface area contributed by atoms with Crippen molar-refractivity contribution in [1.29, 1.82) is 0 Å². The number of benzene rings is 1. The number of hydrogen-bond donors (Lipinski definition) is 2. The van der Waals surface area contributed by atoms with Crippen molar-refractivity contribution in [3.8, 4) is 0 Å². The van der Waals surface area contributed by atoms with E-state index in [-0.39, 0.29) is 36.0 Å². The number of aromatic nitrogens is 2. The number of amides is 3. The number of hydrazine groups is 1. The maximum absolute atomic E-state index is 12.7. The third-order valence-corrected chi connectivity index (χ3v) is 6.60. The van der Waals surface area contributed by atoms with Gasteiger partial charge in [0, 0.05) is 36.2 Å². The van der Waals surface area contributed by atoms with Gasteiger partial charge in [-0.25, -0.2) is 4.68 Å². The molecule has 1 aromatic carbocycles. The molecule has 3 heterocycles. The first-order chi connectivity index (χ1) is 15.8. The van der Waals surface area contributed by atoms with Crippen molar-refractivity contribution < 1.29 is 14.4 Å². The van der Waals surface area contributed by atoms with Crippen LogP contribution >= 0.6 is 11.3 Å². The summed E-state index contributed by atoms with van der Waals surface area (Å²) in [5.41, 5.74) is 5.61. The van der Waals surface area contributed by atoms with Gasteiger partial charge in [0.2, 0.25) is 11.8 Å². The van der Waals surface area contributed by atoms with Crippen LogP contribution in [0.1, 0.15) is 53.7 Å². The quantitative estimate of drug-likeness (QED) is 0.559. The lowest BCUT2D eigenvalue weighted by Gasteiger charge is -2.27. The Morgan fingerprint density at radius 1 is 1.09 bits per heavy atom. The molecule has 33 heavy (non-hydrogen) atoms. The van der Waals surface area contributed by atoms with E-state index < -0.39 is 11.8 Å². The summed E-state index contributed by atoms with van der Waals surface area (Å²) in [7, 11) is 0. The largest absolute Gasteiger partial charge is 0.338 e. The number of carbonyl (C=O) groups is 3. The molecule has 0 spiro atoms. The van der Waals surface area contributed by atoms with Gasteiger partial charge in [0.15, 0.2) is 5.69 Å². The van der Waals surface area contributed by atoms with E-state index in [0.717, 1.165) is 6.42 Å². The predicted octanol–water partition coefficient (Wildman–Crippen LogP) is 2.16. The minimum absolute atomic E-state index is 0.0372. The van der Waals surface area contributed by atoms with E-state index in [0.29, 0.717) is 23.9 Å². The number of rotatable bonds is 5. The van der Waals surface area contributed by atoms with Crippen molar-refractivity contribution in [3.63, 3.8) is 0 Å². The molecule has 2 aromatic heterocycles. The fraction of sp³-hybridized carbons (Fsp3) is 0.348. The Morgan fingerprint density at radius 3 is 2.61 bits per heavy atom. The van der Waals surface area contributed by atoms with E-state index in [1.807, 2.05) is 11.4 Å². The van der Waals surface area contributed by atoms with Crippen LogP contribution in [-0.2, 0) is 22.6 Å². The molecule has 2 N–H and O–H groups in total. The lowest BCUT2D eigenvalue weighted by Crippen LogP contribution is -2.43. The molecule has 4 rings (SSSR count). The average molecular weight is 468 g/mol. The number of fused-ring (bicyclic) bond motifs is 2. The van der Waals surface area contributed by atoms with Gasteiger partial charge in [0.05, 0.1) is 11.4 Å². The van der Waals surface area contributed by atoms with Crippen LogP contribution < -0.4 is 16.4 Å². The summed E-state index contributed by atoms with van der Waals surface area (Å²) in [6.45, 7) is 4.81. The van der Waals surface area contributed by atoms with Gasteiger partial charge in [-0.1, -0.05) is 18.2 Å². The molecule has 3 amide bonds. The Morgan fingerprint density at radius 2 is 1.85 bits per heavy atom.